The maximum atomic E-state index is 11.6. The molecule has 0 aliphatic carbocycles. The summed E-state index contributed by atoms with van der Waals surface area (Å²) in [6.45, 7) is 6.95. The highest BCUT2D eigenvalue weighted by molar-refractivity contribution is 5.73. The van der Waals surface area contributed by atoms with E-state index >= 15 is 0 Å². The Hall–Kier alpha value is -1.75. The molecule has 5 heteroatoms. The first-order valence-corrected chi connectivity index (χ1v) is 7.77. The number of urea groups is 1. The average molecular weight is 308 g/mol. The van der Waals surface area contributed by atoms with Crippen molar-refractivity contribution in [3.05, 3.63) is 29.3 Å². The van der Waals surface area contributed by atoms with Crippen LogP contribution in [0.4, 0.5) is 4.79 Å². The summed E-state index contributed by atoms with van der Waals surface area (Å²) in [6, 6.07) is 5.85. The number of benzene rings is 1. The molecule has 5 nitrogen and oxygen atoms in total. The molecule has 0 bridgehead atoms. The molecule has 1 aromatic carbocycles. The second-order valence-electron chi connectivity index (χ2n) is 5.84. The summed E-state index contributed by atoms with van der Waals surface area (Å²) in [5, 5.41) is 15.2. The maximum absolute atomic E-state index is 11.6. The molecule has 0 aliphatic heterocycles. The molecule has 0 heterocycles. The van der Waals surface area contributed by atoms with Gasteiger partial charge in [0.2, 0.25) is 0 Å². The van der Waals surface area contributed by atoms with Gasteiger partial charge in [-0.2, -0.15) is 0 Å². The predicted molar refractivity (Wildman–Crippen MR) is 88.3 cm³/mol. The van der Waals surface area contributed by atoms with Crippen LogP contribution in [-0.4, -0.2) is 37.4 Å². The third-order valence-electron chi connectivity index (χ3n) is 3.67. The monoisotopic (exact) mass is 308 g/mol. The Morgan fingerprint density at radius 1 is 1.27 bits per heavy atom. The van der Waals surface area contributed by atoms with Crippen LogP contribution in [0.25, 0.3) is 0 Å². The van der Waals surface area contributed by atoms with Gasteiger partial charge in [0, 0.05) is 13.1 Å². The fourth-order valence-corrected chi connectivity index (χ4v) is 2.07. The molecule has 2 amide bonds. The normalized spacial score (nSPS) is 12.1. The Morgan fingerprint density at radius 2 is 1.95 bits per heavy atom. The van der Waals surface area contributed by atoms with E-state index in [-0.39, 0.29) is 18.1 Å². The summed E-state index contributed by atoms with van der Waals surface area (Å²) < 4.78 is 5.28. The Balaban J connectivity index is 2.25. The van der Waals surface area contributed by atoms with Gasteiger partial charge < -0.3 is 20.5 Å². The number of ether oxygens (including phenoxy) is 1. The molecule has 3 N–H and O–H groups in total. The zero-order valence-electron chi connectivity index (χ0n) is 14.0. The number of hydrogen-bond donors (Lipinski definition) is 3. The number of aliphatic hydroxyl groups is 1. The maximum Gasteiger partial charge on any atom is 0.314 e. The summed E-state index contributed by atoms with van der Waals surface area (Å²) in [5.74, 6) is 1.08. The van der Waals surface area contributed by atoms with Gasteiger partial charge in [-0.3, -0.25) is 0 Å². The lowest BCUT2D eigenvalue weighted by Gasteiger charge is -2.14. The molecule has 0 saturated heterocycles. The van der Waals surface area contributed by atoms with Crippen LogP contribution in [0.2, 0.25) is 0 Å². The number of aliphatic hydroxyl groups excluding tert-OH is 1. The first kappa shape index (κ1) is 18.3. The van der Waals surface area contributed by atoms with Crippen molar-refractivity contribution in [2.24, 2.45) is 5.92 Å². The number of hydrogen-bond acceptors (Lipinski definition) is 3. The molecular weight excluding hydrogens is 280 g/mol. The number of amides is 2. The number of rotatable bonds is 8. The van der Waals surface area contributed by atoms with E-state index in [1.807, 2.05) is 39.0 Å². The molecule has 0 aliphatic rings. The molecule has 1 unspecified atom stereocenters. The van der Waals surface area contributed by atoms with Crippen LogP contribution in [-0.2, 0) is 6.42 Å². The number of nitrogens with one attached hydrogen (secondary N) is 2. The Labute approximate surface area is 133 Å². The fraction of sp³-hybridized carbons (Fsp3) is 0.588. The van der Waals surface area contributed by atoms with E-state index in [0.717, 1.165) is 23.3 Å². The molecule has 0 spiro atoms. The molecule has 1 aromatic rings. The average Bonchev–Trinajstić information content (AvgIpc) is 2.48. The Morgan fingerprint density at radius 3 is 2.59 bits per heavy atom. The van der Waals surface area contributed by atoms with Gasteiger partial charge in [0.1, 0.15) is 5.75 Å². The van der Waals surface area contributed by atoms with Gasteiger partial charge in [-0.05, 0) is 42.9 Å². The van der Waals surface area contributed by atoms with E-state index in [9.17, 15) is 9.90 Å². The minimum absolute atomic E-state index is 0.199. The van der Waals surface area contributed by atoms with Crippen LogP contribution >= 0.6 is 0 Å². The van der Waals surface area contributed by atoms with Crippen LogP contribution in [0.1, 0.15) is 31.4 Å². The van der Waals surface area contributed by atoms with Crippen LogP contribution < -0.4 is 15.4 Å². The highest BCUT2D eigenvalue weighted by atomic mass is 16.5. The fourth-order valence-electron chi connectivity index (χ4n) is 2.07. The number of carbonyl (C=O) groups excluding carboxylic acids is 1. The lowest BCUT2D eigenvalue weighted by atomic mass is 10.0. The van der Waals surface area contributed by atoms with Gasteiger partial charge >= 0.3 is 6.03 Å². The Bertz CT molecular complexity index is 475. The minimum Gasteiger partial charge on any atom is -0.496 e. The van der Waals surface area contributed by atoms with Crippen molar-refractivity contribution < 1.29 is 14.6 Å². The van der Waals surface area contributed by atoms with E-state index < -0.39 is 0 Å². The lowest BCUT2D eigenvalue weighted by Crippen LogP contribution is -2.38. The largest absolute Gasteiger partial charge is 0.496 e. The van der Waals surface area contributed by atoms with E-state index in [2.05, 4.69) is 10.6 Å². The molecule has 0 saturated carbocycles. The van der Waals surface area contributed by atoms with Gasteiger partial charge in [0.05, 0.1) is 13.2 Å². The SMILES string of the molecule is COc1cc(CCNC(=O)NCCC(O)C(C)C)ccc1C. The van der Waals surface area contributed by atoms with Gasteiger partial charge in [-0.25, -0.2) is 4.79 Å². The van der Waals surface area contributed by atoms with E-state index in [4.69, 9.17) is 4.74 Å². The van der Waals surface area contributed by atoms with Crippen molar-refractivity contribution in [3.8, 4) is 5.75 Å². The van der Waals surface area contributed by atoms with Crippen LogP contribution in [0.15, 0.2) is 18.2 Å². The summed E-state index contributed by atoms with van der Waals surface area (Å²) >= 11 is 0. The molecule has 0 fully saturated rings. The van der Waals surface area contributed by atoms with Crippen molar-refractivity contribution in [3.63, 3.8) is 0 Å². The van der Waals surface area contributed by atoms with E-state index in [0.29, 0.717) is 19.5 Å². The van der Waals surface area contributed by atoms with Crippen LogP contribution in [0.5, 0.6) is 5.75 Å². The molecule has 0 radical (unpaired) electrons. The van der Waals surface area contributed by atoms with Crippen LogP contribution in [0.3, 0.4) is 0 Å². The topological polar surface area (TPSA) is 70.6 Å². The second-order valence-corrected chi connectivity index (χ2v) is 5.84. The first-order chi connectivity index (χ1) is 10.4. The van der Waals surface area contributed by atoms with Crippen molar-refractivity contribution in [1.29, 1.82) is 0 Å². The van der Waals surface area contributed by atoms with E-state index in [1.54, 1.807) is 7.11 Å². The summed E-state index contributed by atoms with van der Waals surface area (Å²) in [5.41, 5.74) is 2.22. The third kappa shape index (κ3) is 6.35. The number of methoxy groups -OCH3 is 1. The van der Waals surface area contributed by atoms with E-state index in [1.165, 1.54) is 0 Å². The van der Waals surface area contributed by atoms with Gasteiger partial charge in [0.25, 0.3) is 0 Å². The predicted octanol–water partition coefficient (Wildman–Crippen LogP) is 2.25. The molecule has 124 valence electrons. The van der Waals surface area contributed by atoms with Gasteiger partial charge in [-0.15, -0.1) is 0 Å². The van der Waals surface area contributed by atoms with Crippen molar-refractivity contribution >= 4 is 6.03 Å². The smallest absolute Gasteiger partial charge is 0.314 e. The van der Waals surface area contributed by atoms with Crippen molar-refractivity contribution in [2.75, 3.05) is 20.2 Å². The highest BCUT2D eigenvalue weighted by Gasteiger charge is 2.09. The first-order valence-electron chi connectivity index (χ1n) is 7.77. The van der Waals surface area contributed by atoms with Gasteiger partial charge in [0.15, 0.2) is 0 Å². The minimum atomic E-state index is -0.375. The summed E-state index contributed by atoms with van der Waals surface area (Å²) in [4.78, 5) is 11.6. The lowest BCUT2D eigenvalue weighted by molar-refractivity contribution is 0.116. The van der Waals surface area contributed by atoms with Gasteiger partial charge in [-0.1, -0.05) is 26.0 Å². The summed E-state index contributed by atoms with van der Waals surface area (Å²) in [7, 11) is 1.66. The zero-order valence-corrected chi connectivity index (χ0v) is 14.0. The standard InChI is InChI=1S/C17H28N2O3/c1-12(2)15(20)8-10-19-17(21)18-9-7-14-6-5-13(3)16(11-14)22-4/h5-6,11-12,15,20H,7-10H2,1-4H3,(H2,18,19,21). The quantitative estimate of drug-likeness (QED) is 0.690. The second kappa shape index (κ2) is 9.30. The number of aryl methyl sites for hydroxylation is 1. The Kier molecular flexibility index (Phi) is 7.74. The summed E-state index contributed by atoms with van der Waals surface area (Å²) in [6.07, 6.45) is 0.944. The molecule has 1 atom stereocenters. The zero-order chi connectivity index (χ0) is 16.5. The van der Waals surface area contributed by atoms with Crippen molar-refractivity contribution in [2.45, 2.75) is 39.7 Å². The van der Waals surface area contributed by atoms with Crippen LogP contribution in [0, 0.1) is 12.8 Å². The molecule has 0 aromatic heterocycles. The highest BCUT2D eigenvalue weighted by Crippen LogP contribution is 2.18. The van der Waals surface area contributed by atoms with Crippen molar-refractivity contribution in [1.82, 2.24) is 10.6 Å². The third-order valence-corrected chi connectivity index (χ3v) is 3.67. The number of carbonyl (C=O) groups is 1. The molecule has 1 rings (SSSR count). The molecule has 22 heavy (non-hydrogen) atoms. The molecular formula is C17H28N2O3.